The molecule has 0 unspecified atom stereocenters. The van der Waals surface area contributed by atoms with Gasteiger partial charge in [0.2, 0.25) is 0 Å². The van der Waals surface area contributed by atoms with Gasteiger partial charge in [0.05, 0.1) is 5.69 Å². The minimum atomic E-state index is 0.823. The van der Waals surface area contributed by atoms with E-state index in [-0.39, 0.29) is 0 Å². The summed E-state index contributed by atoms with van der Waals surface area (Å²) in [4.78, 5) is 6.90. The molecule has 2 rings (SSSR count). The fourth-order valence-electron chi connectivity index (χ4n) is 2.60. The molecule has 0 aromatic carbocycles. The molecule has 3 heteroatoms. The van der Waals surface area contributed by atoms with Crippen LogP contribution >= 0.6 is 0 Å². The van der Waals surface area contributed by atoms with Crippen molar-refractivity contribution in [1.29, 1.82) is 0 Å². The lowest BCUT2D eigenvalue weighted by atomic mass is 10.2. The highest BCUT2D eigenvalue weighted by Gasteiger charge is 2.18. The lowest BCUT2D eigenvalue weighted by molar-refractivity contribution is 0.245. The van der Waals surface area contributed by atoms with E-state index in [9.17, 15) is 0 Å². The van der Waals surface area contributed by atoms with E-state index >= 15 is 0 Å². The van der Waals surface area contributed by atoms with Gasteiger partial charge in [-0.25, -0.2) is 0 Å². The summed E-state index contributed by atoms with van der Waals surface area (Å²) < 4.78 is 0. The molecule has 1 aliphatic rings. The molecule has 0 spiro atoms. The number of nitrogens with zero attached hydrogens (tertiary/aromatic N) is 2. The number of aryl methyl sites for hydroxylation is 1. The maximum atomic E-state index is 4.40. The highest BCUT2D eigenvalue weighted by molar-refractivity contribution is 5.11. The van der Waals surface area contributed by atoms with Crippen LogP contribution in [0.2, 0.25) is 0 Å². The van der Waals surface area contributed by atoms with Crippen LogP contribution in [0.1, 0.15) is 36.9 Å². The van der Waals surface area contributed by atoms with Crippen LogP contribution in [0, 0.1) is 6.92 Å². The smallest absolute Gasteiger partial charge is 0.0541 e. The number of likely N-dealkylation sites (N-methyl/N-ethyl adjacent to an activating group) is 1. The number of nitrogens with one attached hydrogen (secondary N) is 1. The van der Waals surface area contributed by atoms with Gasteiger partial charge in [-0.3, -0.25) is 4.98 Å². The lowest BCUT2D eigenvalue weighted by Crippen LogP contribution is -2.35. The maximum Gasteiger partial charge on any atom is 0.0541 e. The molecule has 1 fully saturated rings. The van der Waals surface area contributed by atoms with E-state index in [2.05, 4.69) is 41.3 Å². The summed E-state index contributed by atoms with van der Waals surface area (Å²) in [5.41, 5.74) is 2.35. The van der Waals surface area contributed by atoms with E-state index in [4.69, 9.17) is 0 Å². The standard InChI is InChI=1S/C15H25N3/c1-13-7-8-14(17-11-13)12-16-9-10-18(2)15-5-3-4-6-15/h7-8,11,15-16H,3-6,9-10,12H2,1-2H3. The van der Waals surface area contributed by atoms with Crippen molar-refractivity contribution >= 4 is 0 Å². The highest BCUT2D eigenvalue weighted by atomic mass is 15.1. The van der Waals surface area contributed by atoms with E-state index in [0.717, 1.165) is 31.4 Å². The van der Waals surface area contributed by atoms with E-state index < -0.39 is 0 Å². The van der Waals surface area contributed by atoms with Gasteiger partial charge in [-0.05, 0) is 38.4 Å². The van der Waals surface area contributed by atoms with Crippen LogP contribution in [0.5, 0.6) is 0 Å². The Labute approximate surface area is 111 Å². The van der Waals surface area contributed by atoms with Gasteiger partial charge in [0.1, 0.15) is 0 Å². The fraction of sp³-hybridized carbons (Fsp3) is 0.667. The van der Waals surface area contributed by atoms with Gasteiger partial charge >= 0.3 is 0 Å². The number of aromatic nitrogens is 1. The molecule has 1 aliphatic carbocycles. The van der Waals surface area contributed by atoms with Crippen molar-refractivity contribution in [3.05, 3.63) is 29.6 Å². The Hall–Kier alpha value is -0.930. The zero-order chi connectivity index (χ0) is 12.8. The third-order valence-electron chi connectivity index (χ3n) is 3.87. The van der Waals surface area contributed by atoms with E-state index in [1.54, 1.807) is 0 Å². The quantitative estimate of drug-likeness (QED) is 0.782. The normalized spacial score (nSPS) is 16.6. The first-order valence-corrected chi connectivity index (χ1v) is 7.08. The molecule has 0 saturated heterocycles. The second kappa shape index (κ2) is 6.86. The Morgan fingerprint density at radius 1 is 1.33 bits per heavy atom. The third-order valence-corrected chi connectivity index (χ3v) is 3.87. The van der Waals surface area contributed by atoms with E-state index in [1.165, 1.54) is 31.2 Å². The summed E-state index contributed by atoms with van der Waals surface area (Å²) in [5.74, 6) is 0. The summed E-state index contributed by atoms with van der Waals surface area (Å²) in [6.45, 7) is 5.12. The first-order chi connectivity index (χ1) is 8.75. The van der Waals surface area contributed by atoms with E-state index in [0.29, 0.717) is 0 Å². The molecule has 1 saturated carbocycles. The first-order valence-electron chi connectivity index (χ1n) is 7.08. The van der Waals surface area contributed by atoms with Crippen molar-refractivity contribution in [2.24, 2.45) is 0 Å². The molecule has 100 valence electrons. The molecule has 1 aromatic rings. The zero-order valence-electron chi connectivity index (χ0n) is 11.7. The molecule has 0 aliphatic heterocycles. The molecule has 1 heterocycles. The predicted molar refractivity (Wildman–Crippen MR) is 75.6 cm³/mol. The van der Waals surface area contributed by atoms with Crippen LogP contribution in [0.25, 0.3) is 0 Å². The van der Waals surface area contributed by atoms with Gasteiger partial charge in [-0.1, -0.05) is 18.9 Å². The zero-order valence-corrected chi connectivity index (χ0v) is 11.7. The van der Waals surface area contributed by atoms with Crippen LogP contribution in [0.3, 0.4) is 0 Å². The molecule has 1 N–H and O–H groups in total. The summed E-state index contributed by atoms with van der Waals surface area (Å²) in [5, 5.41) is 3.47. The SMILES string of the molecule is Cc1ccc(CNCCN(C)C2CCCC2)nc1. The summed E-state index contributed by atoms with van der Waals surface area (Å²) >= 11 is 0. The number of rotatable bonds is 6. The fourth-order valence-corrected chi connectivity index (χ4v) is 2.60. The van der Waals surface area contributed by atoms with Crippen molar-refractivity contribution < 1.29 is 0 Å². The Bertz CT molecular complexity index is 341. The molecule has 1 aromatic heterocycles. The van der Waals surface area contributed by atoms with Gasteiger partial charge in [0, 0.05) is 31.9 Å². The Kier molecular flexibility index (Phi) is 5.14. The van der Waals surface area contributed by atoms with Crippen molar-refractivity contribution in [2.75, 3.05) is 20.1 Å². The average Bonchev–Trinajstić information content (AvgIpc) is 2.90. The van der Waals surface area contributed by atoms with Gasteiger partial charge in [0.25, 0.3) is 0 Å². The Balaban J connectivity index is 1.62. The Morgan fingerprint density at radius 2 is 2.11 bits per heavy atom. The minimum Gasteiger partial charge on any atom is -0.310 e. The monoisotopic (exact) mass is 247 g/mol. The first kappa shape index (κ1) is 13.5. The van der Waals surface area contributed by atoms with Crippen molar-refractivity contribution in [1.82, 2.24) is 15.2 Å². The van der Waals surface area contributed by atoms with Gasteiger partial charge in [-0.15, -0.1) is 0 Å². The van der Waals surface area contributed by atoms with Crippen LogP contribution in [0.15, 0.2) is 18.3 Å². The van der Waals surface area contributed by atoms with E-state index in [1.807, 2.05) is 6.20 Å². The van der Waals surface area contributed by atoms with Crippen LogP contribution in [0.4, 0.5) is 0 Å². The van der Waals surface area contributed by atoms with Crippen molar-refractivity contribution in [2.45, 2.75) is 45.2 Å². The maximum absolute atomic E-state index is 4.40. The van der Waals surface area contributed by atoms with Crippen molar-refractivity contribution in [3.63, 3.8) is 0 Å². The van der Waals surface area contributed by atoms with Gasteiger partial charge in [-0.2, -0.15) is 0 Å². The minimum absolute atomic E-state index is 0.823. The number of hydrogen-bond acceptors (Lipinski definition) is 3. The average molecular weight is 247 g/mol. The molecular formula is C15H25N3. The second-order valence-electron chi connectivity index (χ2n) is 5.42. The topological polar surface area (TPSA) is 28.2 Å². The summed E-state index contributed by atoms with van der Waals surface area (Å²) in [6.07, 6.45) is 7.53. The van der Waals surface area contributed by atoms with Gasteiger partial charge < -0.3 is 10.2 Å². The van der Waals surface area contributed by atoms with Crippen LogP contribution in [-0.2, 0) is 6.54 Å². The van der Waals surface area contributed by atoms with Crippen LogP contribution in [-0.4, -0.2) is 36.1 Å². The highest BCUT2D eigenvalue weighted by Crippen LogP contribution is 2.21. The molecule has 0 bridgehead atoms. The number of hydrogen-bond donors (Lipinski definition) is 1. The number of pyridine rings is 1. The largest absolute Gasteiger partial charge is 0.310 e. The predicted octanol–water partition coefficient (Wildman–Crippen LogP) is 2.35. The molecule has 0 radical (unpaired) electrons. The lowest BCUT2D eigenvalue weighted by Gasteiger charge is -2.23. The Morgan fingerprint density at radius 3 is 2.78 bits per heavy atom. The van der Waals surface area contributed by atoms with Crippen LogP contribution < -0.4 is 5.32 Å². The third kappa shape index (κ3) is 4.07. The molecule has 3 nitrogen and oxygen atoms in total. The molecule has 18 heavy (non-hydrogen) atoms. The van der Waals surface area contributed by atoms with Gasteiger partial charge in [0.15, 0.2) is 0 Å². The van der Waals surface area contributed by atoms with Crippen molar-refractivity contribution in [3.8, 4) is 0 Å². The summed E-state index contributed by atoms with van der Waals surface area (Å²) in [7, 11) is 2.25. The summed E-state index contributed by atoms with van der Waals surface area (Å²) in [6, 6.07) is 5.04. The molecule has 0 atom stereocenters. The second-order valence-corrected chi connectivity index (χ2v) is 5.42. The molecule has 0 amide bonds. The molecular weight excluding hydrogens is 222 g/mol.